The number of methoxy groups -OCH3 is 1. The summed E-state index contributed by atoms with van der Waals surface area (Å²) in [6.45, 7) is 8.79. The molecule has 1 aliphatic rings. The number of piperazine rings is 1. The van der Waals surface area contributed by atoms with Crippen molar-refractivity contribution in [3.05, 3.63) is 10.7 Å². The average Bonchev–Trinajstić information content (AvgIpc) is 2.63. The van der Waals surface area contributed by atoms with Crippen molar-refractivity contribution < 1.29 is 4.74 Å². The lowest BCUT2D eigenvalue weighted by atomic mass is 10.2. The number of nitrogens with one attached hydrogen (secondary N) is 1. The van der Waals surface area contributed by atoms with Crippen LogP contribution in [0.1, 0.15) is 13.8 Å². The zero-order valence-electron chi connectivity index (χ0n) is 16.0. The van der Waals surface area contributed by atoms with E-state index in [9.17, 15) is 0 Å². The lowest BCUT2D eigenvalue weighted by Gasteiger charge is -2.37. The Balaban J connectivity index is 0.00000338. The second-order valence-corrected chi connectivity index (χ2v) is 8.73. The first-order valence-electron chi connectivity index (χ1n) is 8.22. The number of aromatic nitrogens is 2. The number of aliphatic imine (C=N–C) groups is 1. The molecular formula is C16H28BrIN6OS. The number of hydrogen-bond donors (Lipinski definition) is 1. The standard InChI is InChI=1S/C16H27BrN6OS.HI/c1-16(2,25-5)11-20-14(18-3)22-6-8-23(9-7-22)15-19-10-12(17)13(21-15)24-4;/h10H,6-9,11H2,1-5H3,(H,18,20);1H. The zero-order chi connectivity index (χ0) is 18.4. The first kappa shape index (κ1) is 23.5. The maximum Gasteiger partial charge on any atom is 0.232 e. The molecule has 0 bridgehead atoms. The van der Waals surface area contributed by atoms with Gasteiger partial charge < -0.3 is 19.9 Å². The van der Waals surface area contributed by atoms with Crippen LogP contribution in [0.25, 0.3) is 0 Å². The van der Waals surface area contributed by atoms with Gasteiger partial charge in [-0.15, -0.1) is 24.0 Å². The summed E-state index contributed by atoms with van der Waals surface area (Å²) >= 11 is 5.24. The van der Waals surface area contributed by atoms with Crippen LogP contribution >= 0.6 is 51.7 Å². The minimum Gasteiger partial charge on any atom is -0.480 e. The molecule has 0 atom stereocenters. The number of hydrogen-bond acceptors (Lipinski definition) is 6. The van der Waals surface area contributed by atoms with Crippen LogP contribution in [0.5, 0.6) is 5.88 Å². The SMILES string of the molecule is CN=C(NCC(C)(C)SC)N1CCN(c2ncc(Br)c(OC)n2)CC1.I. The largest absolute Gasteiger partial charge is 0.480 e. The van der Waals surface area contributed by atoms with Crippen LogP contribution in [-0.2, 0) is 0 Å². The maximum absolute atomic E-state index is 5.26. The normalized spacial score (nSPS) is 15.5. The van der Waals surface area contributed by atoms with Crippen LogP contribution < -0.4 is 15.0 Å². The van der Waals surface area contributed by atoms with Gasteiger partial charge in [-0.2, -0.15) is 16.7 Å². The number of nitrogens with zero attached hydrogens (tertiary/aromatic N) is 5. The third-order valence-electron chi connectivity index (χ3n) is 4.19. The number of thioether (sulfide) groups is 1. The smallest absolute Gasteiger partial charge is 0.232 e. The number of anilines is 1. The fraction of sp³-hybridized carbons (Fsp3) is 0.688. The molecule has 148 valence electrons. The van der Waals surface area contributed by atoms with E-state index in [1.165, 1.54) is 0 Å². The van der Waals surface area contributed by atoms with Crippen molar-refractivity contribution in [1.82, 2.24) is 20.2 Å². The molecular weight excluding hydrogens is 531 g/mol. The van der Waals surface area contributed by atoms with Crippen molar-refractivity contribution in [2.75, 3.05) is 58.0 Å². The van der Waals surface area contributed by atoms with Gasteiger partial charge in [0.1, 0.15) is 0 Å². The summed E-state index contributed by atoms with van der Waals surface area (Å²) in [5.41, 5.74) is 0. The molecule has 1 aliphatic heterocycles. The summed E-state index contributed by atoms with van der Waals surface area (Å²) < 4.78 is 6.20. The highest BCUT2D eigenvalue weighted by atomic mass is 127. The molecule has 0 spiro atoms. The zero-order valence-corrected chi connectivity index (χ0v) is 20.7. The molecule has 7 nitrogen and oxygen atoms in total. The van der Waals surface area contributed by atoms with E-state index in [1.54, 1.807) is 13.3 Å². The molecule has 1 saturated heterocycles. The average molecular weight is 559 g/mol. The van der Waals surface area contributed by atoms with Crippen molar-refractivity contribution in [3.8, 4) is 5.88 Å². The van der Waals surface area contributed by atoms with E-state index in [0.717, 1.165) is 43.2 Å². The van der Waals surface area contributed by atoms with Gasteiger partial charge in [0, 0.05) is 44.5 Å². The highest BCUT2D eigenvalue weighted by Crippen LogP contribution is 2.24. The van der Waals surface area contributed by atoms with Crippen LogP contribution in [0.3, 0.4) is 0 Å². The molecule has 0 saturated carbocycles. The molecule has 1 aromatic heterocycles. The quantitative estimate of drug-likeness (QED) is 0.338. The lowest BCUT2D eigenvalue weighted by Crippen LogP contribution is -2.54. The molecule has 2 heterocycles. The Labute approximate surface area is 185 Å². The number of halogens is 2. The van der Waals surface area contributed by atoms with Gasteiger partial charge in [0.05, 0.1) is 17.8 Å². The predicted octanol–water partition coefficient (Wildman–Crippen LogP) is 2.70. The fourth-order valence-corrected chi connectivity index (χ4v) is 3.02. The van der Waals surface area contributed by atoms with Gasteiger partial charge in [0.2, 0.25) is 11.8 Å². The van der Waals surface area contributed by atoms with Crippen molar-refractivity contribution in [2.24, 2.45) is 4.99 Å². The molecule has 10 heteroatoms. The Morgan fingerprint density at radius 3 is 2.58 bits per heavy atom. The highest BCUT2D eigenvalue weighted by Gasteiger charge is 2.23. The monoisotopic (exact) mass is 558 g/mol. The molecule has 0 unspecified atom stereocenters. The number of rotatable bonds is 5. The van der Waals surface area contributed by atoms with Crippen molar-refractivity contribution in [1.29, 1.82) is 0 Å². The minimum atomic E-state index is 0. The van der Waals surface area contributed by atoms with Crippen LogP contribution in [0.4, 0.5) is 5.95 Å². The van der Waals surface area contributed by atoms with E-state index in [4.69, 9.17) is 4.74 Å². The summed E-state index contributed by atoms with van der Waals surface area (Å²) in [4.78, 5) is 17.7. The third kappa shape index (κ3) is 6.29. The molecule has 2 rings (SSSR count). The summed E-state index contributed by atoms with van der Waals surface area (Å²) in [5.74, 6) is 2.21. The van der Waals surface area contributed by atoms with E-state index >= 15 is 0 Å². The lowest BCUT2D eigenvalue weighted by molar-refractivity contribution is 0.365. The Hall–Kier alpha value is -0.490. The molecule has 0 aromatic carbocycles. The Kier molecular flexibility index (Phi) is 9.73. The van der Waals surface area contributed by atoms with Crippen LogP contribution in [-0.4, -0.2) is 78.7 Å². The third-order valence-corrected chi connectivity index (χ3v) is 5.98. The van der Waals surface area contributed by atoms with Gasteiger partial charge in [0.15, 0.2) is 5.96 Å². The van der Waals surface area contributed by atoms with E-state index in [-0.39, 0.29) is 28.7 Å². The van der Waals surface area contributed by atoms with E-state index in [1.807, 2.05) is 18.8 Å². The minimum absolute atomic E-state index is 0. The fourth-order valence-electron chi connectivity index (χ4n) is 2.45. The second-order valence-electron chi connectivity index (χ2n) is 6.37. The Morgan fingerprint density at radius 1 is 1.38 bits per heavy atom. The van der Waals surface area contributed by atoms with Crippen LogP contribution in [0.15, 0.2) is 15.7 Å². The molecule has 1 aromatic rings. The summed E-state index contributed by atoms with van der Waals surface area (Å²) in [6.07, 6.45) is 3.87. The van der Waals surface area contributed by atoms with Gasteiger partial charge in [-0.1, -0.05) is 0 Å². The van der Waals surface area contributed by atoms with Gasteiger partial charge in [0.25, 0.3) is 0 Å². The van der Waals surface area contributed by atoms with E-state index in [0.29, 0.717) is 11.8 Å². The predicted molar refractivity (Wildman–Crippen MR) is 124 cm³/mol. The molecule has 0 aliphatic carbocycles. The molecule has 1 fully saturated rings. The van der Waals surface area contributed by atoms with Crippen molar-refractivity contribution in [2.45, 2.75) is 18.6 Å². The van der Waals surface area contributed by atoms with E-state index in [2.05, 4.69) is 66.1 Å². The first-order valence-corrected chi connectivity index (χ1v) is 10.2. The van der Waals surface area contributed by atoms with Crippen molar-refractivity contribution >= 4 is 63.6 Å². The summed E-state index contributed by atoms with van der Waals surface area (Å²) in [6, 6.07) is 0. The summed E-state index contributed by atoms with van der Waals surface area (Å²) in [5, 5.41) is 3.49. The van der Waals surface area contributed by atoms with Gasteiger partial charge in [-0.3, -0.25) is 4.99 Å². The number of ether oxygens (including phenoxy) is 1. The Bertz CT molecular complexity index is 610. The highest BCUT2D eigenvalue weighted by molar-refractivity contribution is 14.0. The molecule has 1 N–H and O–H groups in total. The topological polar surface area (TPSA) is 65.9 Å². The molecule has 0 radical (unpaired) electrons. The second kappa shape index (κ2) is 10.7. The van der Waals surface area contributed by atoms with Gasteiger partial charge in [-0.05, 0) is 36.0 Å². The van der Waals surface area contributed by atoms with Gasteiger partial charge in [-0.25, -0.2) is 4.98 Å². The molecule has 26 heavy (non-hydrogen) atoms. The maximum atomic E-state index is 5.26. The van der Waals surface area contributed by atoms with Crippen LogP contribution in [0.2, 0.25) is 0 Å². The van der Waals surface area contributed by atoms with E-state index < -0.39 is 0 Å². The Morgan fingerprint density at radius 2 is 2.04 bits per heavy atom. The van der Waals surface area contributed by atoms with Crippen LogP contribution in [0, 0.1) is 0 Å². The molecule has 0 amide bonds. The first-order chi connectivity index (χ1) is 11.9. The van der Waals surface area contributed by atoms with Gasteiger partial charge >= 0.3 is 0 Å². The summed E-state index contributed by atoms with van der Waals surface area (Å²) in [7, 11) is 3.45. The number of guanidine groups is 1. The van der Waals surface area contributed by atoms with Crippen molar-refractivity contribution in [3.63, 3.8) is 0 Å².